The number of phenols is 1. The number of phenolic OH excluding ortho intramolecular Hbond substituents is 1. The highest BCUT2D eigenvalue weighted by molar-refractivity contribution is 5.95. The fourth-order valence-corrected chi connectivity index (χ4v) is 1.71. The van der Waals surface area contributed by atoms with Gasteiger partial charge in [0.1, 0.15) is 5.75 Å². The van der Waals surface area contributed by atoms with Gasteiger partial charge >= 0.3 is 6.18 Å². The maximum Gasteiger partial charge on any atom is 0.419 e. The molecule has 114 valence electrons. The third-order valence-corrected chi connectivity index (χ3v) is 2.78. The van der Waals surface area contributed by atoms with Crippen LogP contribution in [-0.4, -0.2) is 17.2 Å². The van der Waals surface area contributed by atoms with Gasteiger partial charge in [0.25, 0.3) is 5.91 Å². The smallest absolute Gasteiger partial charge is 0.419 e. The van der Waals surface area contributed by atoms with Crippen molar-refractivity contribution in [2.45, 2.75) is 6.18 Å². The van der Waals surface area contributed by atoms with Crippen molar-refractivity contribution in [2.24, 2.45) is 5.10 Å². The summed E-state index contributed by atoms with van der Waals surface area (Å²) in [6.07, 6.45) is -3.72. The van der Waals surface area contributed by atoms with E-state index in [0.717, 1.165) is 18.3 Å². The zero-order chi connectivity index (χ0) is 16.2. The van der Waals surface area contributed by atoms with Crippen LogP contribution in [0.5, 0.6) is 5.75 Å². The molecule has 0 fully saturated rings. The molecule has 0 aliphatic rings. The predicted octanol–water partition coefficient (Wildman–Crippen LogP) is 3.17. The van der Waals surface area contributed by atoms with E-state index in [1.54, 1.807) is 30.3 Å². The summed E-state index contributed by atoms with van der Waals surface area (Å²) in [6.45, 7) is 0. The van der Waals surface area contributed by atoms with E-state index in [2.05, 4.69) is 10.5 Å². The fraction of sp³-hybridized carbons (Fsp3) is 0.0667. The number of carbonyl (C=O) groups is 1. The van der Waals surface area contributed by atoms with Crippen LogP contribution >= 0.6 is 0 Å². The Balaban J connectivity index is 2.13. The van der Waals surface area contributed by atoms with Crippen LogP contribution in [0.1, 0.15) is 21.5 Å². The Hall–Kier alpha value is -2.83. The Labute approximate surface area is 123 Å². The van der Waals surface area contributed by atoms with Gasteiger partial charge in [0.05, 0.1) is 11.8 Å². The number of rotatable bonds is 3. The van der Waals surface area contributed by atoms with E-state index in [9.17, 15) is 23.1 Å². The molecule has 2 N–H and O–H groups in total. The Morgan fingerprint density at radius 1 is 1.09 bits per heavy atom. The van der Waals surface area contributed by atoms with Crippen molar-refractivity contribution in [3.8, 4) is 5.75 Å². The lowest BCUT2D eigenvalue weighted by molar-refractivity contribution is -0.138. The molecule has 2 aromatic carbocycles. The Morgan fingerprint density at radius 2 is 1.77 bits per heavy atom. The summed E-state index contributed by atoms with van der Waals surface area (Å²) in [7, 11) is 0. The van der Waals surface area contributed by atoms with E-state index in [1.165, 1.54) is 6.07 Å². The Kier molecular flexibility index (Phi) is 4.45. The highest BCUT2D eigenvalue weighted by atomic mass is 19.4. The van der Waals surface area contributed by atoms with Crippen molar-refractivity contribution in [3.05, 3.63) is 65.2 Å². The molecule has 0 saturated heterocycles. The Bertz CT molecular complexity index is 698. The molecule has 4 nitrogen and oxygen atoms in total. The van der Waals surface area contributed by atoms with Crippen LogP contribution in [-0.2, 0) is 6.18 Å². The number of hydrogen-bond acceptors (Lipinski definition) is 3. The molecule has 22 heavy (non-hydrogen) atoms. The van der Waals surface area contributed by atoms with Gasteiger partial charge in [-0.25, -0.2) is 5.43 Å². The summed E-state index contributed by atoms with van der Waals surface area (Å²) in [5.41, 5.74) is 1.21. The number of carbonyl (C=O) groups excluding carboxylic acids is 1. The van der Waals surface area contributed by atoms with E-state index in [4.69, 9.17) is 0 Å². The lowest BCUT2D eigenvalue weighted by Gasteiger charge is -2.10. The normalized spacial score (nSPS) is 11.6. The molecule has 1 amide bonds. The lowest BCUT2D eigenvalue weighted by Crippen LogP contribution is -2.17. The molecule has 2 rings (SSSR count). The molecule has 0 unspecified atom stereocenters. The highest BCUT2D eigenvalue weighted by Crippen LogP contribution is 2.36. The topological polar surface area (TPSA) is 61.7 Å². The van der Waals surface area contributed by atoms with Crippen LogP contribution in [0.2, 0.25) is 0 Å². The molecule has 0 aromatic heterocycles. The summed E-state index contributed by atoms with van der Waals surface area (Å²) in [5.74, 6) is -1.45. The van der Waals surface area contributed by atoms with Crippen LogP contribution in [0.25, 0.3) is 0 Å². The summed E-state index contributed by atoms with van der Waals surface area (Å²) in [6, 6.07) is 11.3. The maximum absolute atomic E-state index is 12.6. The minimum atomic E-state index is -4.67. The second-order valence-corrected chi connectivity index (χ2v) is 4.31. The molecule has 0 radical (unpaired) electrons. The van der Waals surface area contributed by atoms with Crippen molar-refractivity contribution >= 4 is 12.1 Å². The van der Waals surface area contributed by atoms with Crippen molar-refractivity contribution in [3.63, 3.8) is 0 Å². The van der Waals surface area contributed by atoms with Crippen molar-refractivity contribution in [2.75, 3.05) is 0 Å². The van der Waals surface area contributed by atoms with Gasteiger partial charge in [-0.3, -0.25) is 4.79 Å². The van der Waals surface area contributed by atoms with Gasteiger partial charge in [0, 0.05) is 11.1 Å². The van der Waals surface area contributed by atoms with Gasteiger partial charge < -0.3 is 5.11 Å². The number of benzene rings is 2. The number of amides is 1. The number of hydrogen-bond donors (Lipinski definition) is 2. The van der Waals surface area contributed by atoms with Crippen LogP contribution in [0, 0.1) is 0 Å². The summed E-state index contributed by atoms with van der Waals surface area (Å²) in [4.78, 5) is 11.7. The number of nitrogens with zero attached hydrogens (tertiary/aromatic N) is 1. The van der Waals surface area contributed by atoms with Gasteiger partial charge in [-0.2, -0.15) is 18.3 Å². The molecule has 7 heteroatoms. The maximum atomic E-state index is 12.6. The zero-order valence-corrected chi connectivity index (χ0v) is 11.1. The number of halogens is 3. The van der Waals surface area contributed by atoms with Gasteiger partial charge in [-0.15, -0.1) is 0 Å². The molecular weight excluding hydrogens is 297 g/mol. The molecule has 0 spiro atoms. The number of alkyl halides is 3. The minimum Gasteiger partial charge on any atom is -0.507 e. The lowest BCUT2D eigenvalue weighted by atomic mass is 10.1. The SMILES string of the molecule is O=C(NN=Cc1cccc(C(F)(F)F)c1O)c1ccccc1. The second kappa shape index (κ2) is 6.30. The van der Waals surface area contributed by atoms with Crippen molar-refractivity contribution in [1.29, 1.82) is 0 Å². The average molecular weight is 308 g/mol. The van der Waals surface area contributed by atoms with E-state index < -0.39 is 23.4 Å². The third kappa shape index (κ3) is 3.63. The quantitative estimate of drug-likeness (QED) is 0.676. The molecule has 0 heterocycles. The fourth-order valence-electron chi connectivity index (χ4n) is 1.71. The van der Waals surface area contributed by atoms with Gasteiger partial charge in [0.2, 0.25) is 0 Å². The first kappa shape index (κ1) is 15.6. The first-order valence-corrected chi connectivity index (χ1v) is 6.17. The second-order valence-electron chi connectivity index (χ2n) is 4.31. The van der Waals surface area contributed by atoms with Crippen LogP contribution < -0.4 is 5.43 Å². The highest BCUT2D eigenvalue weighted by Gasteiger charge is 2.34. The molecule has 0 aliphatic carbocycles. The van der Waals surface area contributed by atoms with Crippen LogP contribution in [0.4, 0.5) is 13.2 Å². The van der Waals surface area contributed by atoms with Gasteiger partial charge in [-0.1, -0.05) is 24.3 Å². The van der Waals surface area contributed by atoms with Crippen LogP contribution in [0.3, 0.4) is 0 Å². The monoisotopic (exact) mass is 308 g/mol. The standard InChI is InChI=1S/C15H11F3N2O2/c16-15(17,18)12-8-4-7-11(13(12)21)9-19-20-14(22)10-5-2-1-3-6-10/h1-9,21H,(H,20,22). The summed E-state index contributed by atoms with van der Waals surface area (Å²) in [5, 5.41) is 13.1. The summed E-state index contributed by atoms with van der Waals surface area (Å²) < 4.78 is 37.9. The first-order chi connectivity index (χ1) is 10.4. The van der Waals surface area contributed by atoms with E-state index in [1.807, 2.05) is 0 Å². The molecule has 2 aromatic rings. The van der Waals surface area contributed by atoms with Crippen molar-refractivity contribution in [1.82, 2.24) is 5.43 Å². The molecule has 0 bridgehead atoms. The molecule has 0 aliphatic heterocycles. The predicted molar refractivity (Wildman–Crippen MR) is 74.6 cm³/mol. The van der Waals surface area contributed by atoms with Crippen molar-refractivity contribution < 1.29 is 23.1 Å². The number of hydrazone groups is 1. The molecule has 0 atom stereocenters. The number of aromatic hydroxyl groups is 1. The number of nitrogens with one attached hydrogen (secondary N) is 1. The first-order valence-electron chi connectivity index (χ1n) is 6.17. The van der Waals surface area contributed by atoms with Gasteiger partial charge in [0.15, 0.2) is 0 Å². The van der Waals surface area contributed by atoms with E-state index >= 15 is 0 Å². The minimum absolute atomic E-state index is 0.150. The largest absolute Gasteiger partial charge is 0.507 e. The molecule has 0 saturated carbocycles. The van der Waals surface area contributed by atoms with E-state index in [0.29, 0.717) is 5.56 Å². The average Bonchev–Trinajstić information content (AvgIpc) is 2.48. The Morgan fingerprint density at radius 3 is 2.41 bits per heavy atom. The van der Waals surface area contributed by atoms with E-state index in [-0.39, 0.29) is 5.56 Å². The summed E-state index contributed by atoms with van der Waals surface area (Å²) >= 11 is 0. The molecular formula is C15H11F3N2O2. The van der Waals surface area contributed by atoms with Gasteiger partial charge in [-0.05, 0) is 24.3 Å². The van der Waals surface area contributed by atoms with Crippen LogP contribution in [0.15, 0.2) is 53.6 Å². The number of para-hydroxylation sites is 1. The third-order valence-electron chi connectivity index (χ3n) is 2.78. The zero-order valence-electron chi connectivity index (χ0n) is 11.1.